The molecule has 6 nitrogen and oxygen atoms in total. The van der Waals surface area contributed by atoms with E-state index in [1.165, 1.54) is 6.07 Å². The molecule has 0 radical (unpaired) electrons. The van der Waals surface area contributed by atoms with E-state index >= 15 is 0 Å². The second-order valence-corrected chi connectivity index (χ2v) is 5.12. The van der Waals surface area contributed by atoms with Crippen LogP contribution in [0.3, 0.4) is 0 Å². The van der Waals surface area contributed by atoms with Crippen LogP contribution in [0.1, 0.15) is 5.56 Å². The van der Waals surface area contributed by atoms with Gasteiger partial charge in [-0.25, -0.2) is 0 Å². The average molecular weight is 316 g/mol. The third kappa shape index (κ3) is 2.68. The molecular formula is C15H10ClN3O3. The summed E-state index contributed by atoms with van der Waals surface area (Å²) in [6, 6.07) is 11.8. The van der Waals surface area contributed by atoms with E-state index in [4.69, 9.17) is 16.0 Å². The van der Waals surface area contributed by atoms with Crippen molar-refractivity contribution in [1.29, 1.82) is 0 Å². The minimum atomic E-state index is -0.437. The van der Waals surface area contributed by atoms with Gasteiger partial charge in [-0.15, -0.1) is 10.2 Å². The fourth-order valence-electron chi connectivity index (χ4n) is 2.02. The zero-order valence-corrected chi connectivity index (χ0v) is 12.2. The molecule has 0 N–H and O–H groups in total. The predicted octanol–water partition coefficient (Wildman–Crippen LogP) is 4.27. The number of nitrogens with zero attached hydrogens (tertiary/aromatic N) is 3. The van der Waals surface area contributed by atoms with Crippen LogP contribution in [0.2, 0.25) is 5.02 Å². The molecular weight excluding hydrogens is 306 g/mol. The molecule has 22 heavy (non-hydrogen) atoms. The van der Waals surface area contributed by atoms with E-state index < -0.39 is 4.92 Å². The zero-order valence-electron chi connectivity index (χ0n) is 11.5. The van der Waals surface area contributed by atoms with Gasteiger partial charge in [0, 0.05) is 27.8 Å². The first-order chi connectivity index (χ1) is 10.5. The maximum atomic E-state index is 11.0. The topological polar surface area (TPSA) is 82.1 Å². The average Bonchev–Trinajstić information content (AvgIpc) is 2.97. The summed E-state index contributed by atoms with van der Waals surface area (Å²) < 4.78 is 5.58. The number of nitro benzene ring substituents is 1. The van der Waals surface area contributed by atoms with Crippen molar-refractivity contribution in [3.05, 3.63) is 63.2 Å². The van der Waals surface area contributed by atoms with Crippen LogP contribution in [0, 0.1) is 17.0 Å². The summed E-state index contributed by atoms with van der Waals surface area (Å²) in [5.74, 6) is 0.527. The molecule has 7 heteroatoms. The van der Waals surface area contributed by atoms with Crippen LogP contribution in [-0.2, 0) is 0 Å². The van der Waals surface area contributed by atoms with Gasteiger partial charge in [-0.2, -0.15) is 0 Å². The third-order valence-electron chi connectivity index (χ3n) is 3.15. The molecule has 0 saturated carbocycles. The summed E-state index contributed by atoms with van der Waals surface area (Å²) >= 11 is 5.93. The lowest BCUT2D eigenvalue weighted by Gasteiger charge is -1.99. The zero-order chi connectivity index (χ0) is 15.7. The minimum Gasteiger partial charge on any atom is -0.416 e. The summed E-state index contributed by atoms with van der Waals surface area (Å²) in [6.45, 7) is 1.67. The number of aromatic nitrogens is 2. The van der Waals surface area contributed by atoms with E-state index in [-0.39, 0.29) is 11.6 Å². The Morgan fingerprint density at radius 1 is 1.09 bits per heavy atom. The molecule has 1 aromatic heterocycles. The molecule has 0 aliphatic rings. The molecule has 0 fully saturated rings. The van der Waals surface area contributed by atoms with Crippen LogP contribution in [0.4, 0.5) is 5.69 Å². The molecule has 0 saturated heterocycles. The third-order valence-corrected chi connectivity index (χ3v) is 3.38. The highest BCUT2D eigenvalue weighted by Crippen LogP contribution is 2.29. The van der Waals surface area contributed by atoms with Gasteiger partial charge in [-0.3, -0.25) is 10.1 Å². The molecule has 0 atom stereocenters. The lowest BCUT2D eigenvalue weighted by molar-refractivity contribution is -0.385. The molecule has 0 aliphatic heterocycles. The van der Waals surface area contributed by atoms with Gasteiger partial charge >= 0.3 is 0 Å². The van der Waals surface area contributed by atoms with Crippen LogP contribution in [0.15, 0.2) is 46.9 Å². The SMILES string of the molecule is Cc1ccc(-c2nnc(-c3cccc(Cl)c3)o2)cc1[N+](=O)[O-]. The Morgan fingerprint density at radius 3 is 2.41 bits per heavy atom. The second-order valence-electron chi connectivity index (χ2n) is 4.68. The van der Waals surface area contributed by atoms with E-state index in [0.29, 0.717) is 27.6 Å². The Morgan fingerprint density at radius 2 is 1.77 bits per heavy atom. The molecule has 0 spiro atoms. The Labute approximate surface area is 130 Å². The van der Waals surface area contributed by atoms with Crippen LogP contribution in [0.25, 0.3) is 22.9 Å². The van der Waals surface area contributed by atoms with Crippen molar-refractivity contribution in [2.45, 2.75) is 6.92 Å². The van der Waals surface area contributed by atoms with E-state index in [1.54, 1.807) is 43.3 Å². The van der Waals surface area contributed by atoms with Crippen LogP contribution < -0.4 is 0 Å². The van der Waals surface area contributed by atoms with Gasteiger partial charge in [0.25, 0.3) is 5.69 Å². The number of aryl methyl sites for hydroxylation is 1. The molecule has 110 valence electrons. The molecule has 0 aliphatic carbocycles. The van der Waals surface area contributed by atoms with Crippen molar-refractivity contribution < 1.29 is 9.34 Å². The van der Waals surface area contributed by atoms with Crippen molar-refractivity contribution in [3.63, 3.8) is 0 Å². The lowest BCUT2D eigenvalue weighted by atomic mass is 10.1. The van der Waals surface area contributed by atoms with Gasteiger partial charge in [0.1, 0.15) is 0 Å². The van der Waals surface area contributed by atoms with Crippen LogP contribution in [0.5, 0.6) is 0 Å². The number of hydrogen-bond donors (Lipinski definition) is 0. The molecule has 3 aromatic rings. The maximum absolute atomic E-state index is 11.0. The van der Waals surface area contributed by atoms with E-state index in [0.717, 1.165) is 0 Å². The largest absolute Gasteiger partial charge is 0.416 e. The Kier molecular flexibility index (Phi) is 3.60. The van der Waals surface area contributed by atoms with E-state index in [1.807, 2.05) is 0 Å². The van der Waals surface area contributed by atoms with Gasteiger partial charge in [-0.05, 0) is 31.2 Å². The normalized spacial score (nSPS) is 10.6. The number of nitro groups is 1. The van der Waals surface area contributed by atoms with Gasteiger partial charge in [0.2, 0.25) is 11.8 Å². The molecule has 0 bridgehead atoms. The van der Waals surface area contributed by atoms with Crippen molar-refractivity contribution in [1.82, 2.24) is 10.2 Å². The first-order valence-corrected chi connectivity index (χ1v) is 6.77. The number of hydrogen-bond acceptors (Lipinski definition) is 5. The van der Waals surface area contributed by atoms with E-state index in [2.05, 4.69) is 10.2 Å². The summed E-state index contributed by atoms with van der Waals surface area (Å²) in [6.07, 6.45) is 0. The van der Waals surface area contributed by atoms with Gasteiger partial charge in [0.15, 0.2) is 0 Å². The highest BCUT2D eigenvalue weighted by Gasteiger charge is 2.16. The summed E-state index contributed by atoms with van der Waals surface area (Å²) in [5, 5.41) is 19.4. The Bertz CT molecular complexity index is 861. The second kappa shape index (κ2) is 5.57. The van der Waals surface area contributed by atoms with Crippen molar-refractivity contribution in [2.75, 3.05) is 0 Å². The van der Waals surface area contributed by atoms with Gasteiger partial charge in [-0.1, -0.05) is 23.7 Å². The van der Waals surface area contributed by atoms with Crippen molar-refractivity contribution in [2.24, 2.45) is 0 Å². The number of benzene rings is 2. The van der Waals surface area contributed by atoms with E-state index in [9.17, 15) is 10.1 Å². The number of rotatable bonds is 3. The molecule has 3 rings (SSSR count). The molecule has 0 unspecified atom stereocenters. The van der Waals surface area contributed by atoms with Crippen LogP contribution >= 0.6 is 11.6 Å². The maximum Gasteiger partial charge on any atom is 0.273 e. The first-order valence-electron chi connectivity index (χ1n) is 6.39. The van der Waals surface area contributed by atoms with Gasteiger partial charge < -0.3 is 4.42 Å². The van der Waals surface area contributed by atoms with Crippen molar-refractivity contribution >= 4 is 17.3 Å². The molecule has 0 amide bonds. The van der Waals surface area contributed by atoms with Crippen LogP contribution in [-0.4, -0.2) is 15.1 Å². The Balaban J connectivity index is 2.01. The quantitative estimate of drug-likeness (QED) is 0.532. The molecule has 1 heterocycles. The summed E-state index contributed by atoms with van der Waals surface area (Å²) in [4.78, 5) is 10.6. The minimum absolute atomic E-state index is 0.0139. The lowest BCUT2D eigenvalue weighted by Crippen LogP contribution is -1.92. The summed E-state index contributed by atoms with van der Waals surface area (Å²) in [7, 11) is 0. The predicted molar refractivity (Wildman–Crippen MR) is 81.6 cm³/mol. The number of halogens is 1. The fourth-order valence-corrected chi connectivity index (χ4v) is 2.21. The van der Waals surface area contributed by atoms with Gasteiger partial charge in [0.05, 0.1) is 4.92 Å². The van der Waals surface area contributed by atoms with Crippen molar-refractivity contribution in [3.8, 4) is 22.9 Å². The monoisotopic (exact) mass is 315 g/mol. The summed E-state index contributed by atoms with van der Waals surface area (Å²) in [5.41, 5.74) is 1.77. The Hall–Kier alpha value is -2.73. The standard InChI is InChI=1S/C15H10ClN3O3/c1-9-5-6-11(8-13(9)19(20)21)15-18-17-14(22-15)10-3-2-4-12(16)7-10/h2-8H,1H3. The highest BCUT2D eigenvalue weighted by molar-refractivity contribution is 6.30. The first kappa shape index (κ1) is 14.2. The smallest absolute Gasteiger partial charge is 0.273 e. The molecule has 2 aromatic carbocycles. The fraction of sp³-hybridized carbons (Fsp3) is 0.0667. The highest BCUT2D eigenvalue weighted by atomic mass is 35.5.